The lowest BCUT2D eigenvalue weighted by atomic mass is 10.3. The predicted octanol–water partition coefficient (Wildman–Crippen LogP) is 3.67. The van der Waals surface area contributed by atoms with E-state index in [0.717, 1.165) is 0 Å². The summed E-state index contributed by atoms with van der Waals surface area (Å²) in [6.45, 7) is 5.57. The van der Waals surface area contributed by atoms with Crippen LogP contribution in [0.1, 0.15) is 33.6 Å². The Balaban J connectivity index is 3.92. The second-order valence-corrected chi connectivity index (χ2v) is 8.25. The van der Waals surface area contributed by atoms with Crippen molar-refractivity contribution in [2.24, 2.45) is 4.40 Å². The van der Waals surface area contributed by atoms with E-state index in [2.05, 4.69) is 4.40 Å². The Morgan fingerprint density at radius 3 is 2.14 bits per heavy atom. The van der Waals surface area contributed by atoms with Gasteiger partial charge in [-0.05, 0) is 33.6 Å². The summed E-state index contributed by atoms with van der Waals surface area (Å²) in [7, 11) is -1.23. The molecule has 0 radical (unpaired) electrons. The van der Waals surface area contributed by atoms with Crippen molar-refractivity contribution in [2.75, 3.05) is 0 Å². The monoisotopic (exact) mass is 277 g/mol. The van der Waals surface area contributed by atoms with Crippen LogP contribution in [-0.4, -0.2) is 19.0 Å². The highest BCUT2D eigenvalue weighted by atomic mass is 35.6. The van der Waals surface area contributed by atoms with Crippen molar-refractivity contribution in [3.05, 3.63) is 0 Å². The summed E-state index contributed by atoms with van der Waals surface area (Å²) < 4.78 is 13.7. The van der Waals surface area contributed by atoms with Crippen molar-refractivity contribution >= 4 is 52.0 Å². The highest BCUT2D eigenvalue weighted by molar-refractivity contribution is 7.85. The number of hydrogen-bond donors (Lipinski definition) is 0. The highest BCUT2D eigenvalue weighted by Crippen LogP contribution is 2.30. The van der Waals surface area contributed by atoms with Crippen LogP contribution in [0.4, 0.5) is 0 Å². The van der Waals surface area contributed by atoms with Gasteiger partial charge in [-0.1, -0.05) is 34.8 Å². The molecule has 14 heavy (non-hydrogen) atoms. The van der Waals surface area contributed by atoms with Crippen molar-refractivity contribution < 1.29 is 4.21 Å². The molecule has 0 heterocycles. The van der Waals surface area contributed by atoms with Gasteiger partial charge in [-0.15, -0.1) is 0 Å². The zero-order valence-electron chi connectivity index (χ0n) is 8.39. The van der Waals surface area contributed by atoms with E-state index < -0.39 is 14.8 Å². The van der Waals surface area contributed by atoms with E-state index in [0.29, 0.717) is 12.8 Å². The van der Waals surface area contributed by atoms with Crippen molar-refractivity contribution in [1.29, 1.82) is 0 Å². The molecule has 1 atom stereocenters. The molecule has 0 aromatic carbocycles. The van der Waals surface area contributed by atoms with Gasteiger partial charge in [-0.2, -0.15) is 4.40 Å². The van der Waals surface area contributed by atoms with Crippen LogP contribution in [0.2, 0.25) is 0 Å². The normalized spacial score (nSPS) is 16.1. The lowest BCUT2D eigenvalue weighted by Gasteiger charge is -2.13. The first kappa shape index (κ1) is 14.7. The van der Waals surface area contributed by atoms with Crippen LogP contribution >= 0.6 is 34.8 Å². The molecule has 0 amide bonds. The van der Waals surface area contributed by atoms with E-state index in [1.165, 1.54) is 0 Å². The molecule has 6 heteroatoms. The van der Waals surface area contributed by atoms with Gasteiger partial charge in [0.1, 0.15) is 11.0 Å². The molecule has 0 saturated heterocycles. The minimum absolute atomic E-state index is 0.337. The average Bonchev–Trinajstić information content (AvgIpc) is 1.93. The summed E-state index contributed by atoms with van der Waals surface area (Å²) in [6, 6.07) is 0. The Hall–Kier alpha value is 0.690. The van der Waals surface area contributed by atoms with E-state index in [9.17, 15) is 4.21 Å². The van der Waals surface area contributed by atoms with Gasteiger partial charge in [0.15, 0.2) is 3.79 Å². The molecule has 0 fully saturated rings. The number of halogens is 3. The molecule has 0 aliphatic heterocycles. The quantitative estimate of drug-likeness (QED) is 0.572. The second kappa shape index (κ2) is 5.69. The van der Waals surface area contributed by atoms with Gasteiger partial charge in [-0.25, -0.2) is 4.21 Å². The molecule has 0 rings (SSSR count). The van der Waals surface area contributed by atoms with Crippen LogP contribution in [0.15, 0.2) is 4.40 Å². The first-order valence-corrected chi connectivity index (χ1v) is 6.38. The van der Waals surface area contributed by atoms with Gasteiger partial charge in [-0.3, -0.25) is 0 Å². The molecule has 0 aromatic heterocycles. The van der Waals surface area contributed by atoms with Crippen molar-refractivity contribution in [3.8, 4) is 0 Å². The fraction of sp³-hybridized carbons (Fsp3) is 0.875. The van der Waals surface area contributed by atoms with Gasteiger partial charge < -0.3 is 0 Å². The zero-order valence-corrected chi connectivity index (χ0v) is 11.5. The maximum Gasteiger partial charge on any atom is 0.190 e. The molecular weight excluding hydrogens is 265 g/mol. The molecule has 0 aliphatic carbocycles. The minimum Gasteiger partial charge on any atom is -0.234 e. The van der Waals surface area contributed by atoms with E-state index in [-0.39, 0.29) is 4.75 Å². The number of nitrogens with zero attached hydrogens (tertiary/aromatic N) is 1. The van der Waals surface area contributed by atoms with Crippen LogP contribution in [0.5, 0.6) is 0 Å². The van der Waals surface area contributed by atoms with Crippen molar-refractivity contribution in [3.63, 3.8) is 0 Å². The fourth-order valence-corrected chi connectivity index (χ4v) is 1.39. The SMILES string of the molecule is CC(C)(C)S(=O)N=CCCC(Cl)(Cl)Cl. The predicted molar refractivity (Wildman–Crippen MR) is 65.9 cm³/mol. The molecule has 1 unspecified atom stereocenters. The summed E-state index contributed by atoms with van der Waals surface area (Å²) in [5.41, 5.74) is 0. The van der Waals surface area contributed by atoms with Gasteiger partial charge in [0, 0.05) is 6.21 Å². The molecule has 2 nitrogen and oxygen atoms in total. The fourth-order valence-electron chi connectivity index (χ4n) is 0.507. The topological polar surface area (TPSA) is 29.4 Å². The van der Waals surface area contributed by atoms with Gasteiger partial charge >= 0.3 is 0 Å². The number of alkyl halides is 3. The minimum atomic E-state index is -1.25. The maximum atomic E-state index is 11.4. The van der Waals surface area contributed by atoms with Gasteiger partial charge in [0.05, 0.1) is 4.75 Å². The highest BCUT2D eigenvalue weighted by Gasteiger charge is 2.19. The van der Waals surface area contributed by atoms with Crippen LogP contribution < -0.4 is 0 Å². The summed E-state index contributed by atoms with van der Waals surface area (Å²) in [6.07, 6.45) is 2.43. The van der Waals surface area contributed by atoms with Crippen LogP contribution in [0.25, 0.3) is 0 Å². The third-order valence-electron chi connectivity index (χ3n) is 1.25. The van der Waals surface area contributed by atoms with Crippen molar-refractivity contribution in [1.82, 2.24) is 0 Å². The third kappa shape index (κ3) is 8.04. The molecule has 0 aliphatic rings. The average molecular weight is 279 g/mol. The molecule has 0 saturated carbocycles. The van der Waals surface area contributed by atoms with E-state index >= 15 is 0 Å². The maximum absolute atomic E-state index is 11.4. The molecule has 0 aromatic rings. The lowest BCUT2D eigenvalue weighted by molar-refractivity contribution is 0.650. The first-order chi connectivity index (χ1) is 6.13. The van der Waals surface area contributed by atoms with Crippen LogP contribution in [0, 0.1) is 0 Å². The Morgan fingerprint density at radius 2 is 1.79 bits per heavy atom. The molecular formula is C8H14Cl3NOS. The second-order valence-electron chi connectivity index (χ2n) is 3.80. The van der Waals surface area contributed by atoms with E-state index in [1.54, 1.807) is 6.21 Å². The zero-order chi connectivity index (χ0) is 11.4. The Morgan fingerprint density at radius 1 is 1.29 bits per heavy atom. The summed E-state index contributed by atoms with van der Waals surface area (Å²) in [5.74, 6) is 0. The molecule has 0 bridgehead atoms. The van der Waals surface area contributed by atoms with Crippen molar-refractivity contribution in [2.45, 2.75) is 42.2 Å². The standard InChI is InChI=1S/C8H14Cl3NOS/c1-7(2,3)14(13)12-6-4-5-8(9,10)11/h6H,4-5H2,1-3H3. The first-order valence-electron chi connectivity index (χ1n) is 4.14. The van der Waals surface area contributed by atoms with E-state index in [4.69, 9.17) is 34.8 Å². The van der Waals surface area contributed by atoms with Crippen LogP contribution in [-0.2, 0) is 11.0 Å². The molecule has 84 valence electrons. The largest absolute Gasteiger partial charge is 0.234 e. The summed E-state index contributed by atoms with van der Waals surface area (Å²) in [4.78, 5) is 0. The Kier molecular flexibility index (Phi) is 5.97. The summed E-state index contributed by atoms with van der Waals surface area (Å²) >= 11 is 16.6. The molecule has 0 spiro atoms. The number of rotatable bonds is 3. The lowest BCUT2D eigenvalue weighted by Crippen LogP contribution is -2.19. The van der Waals surface area contributed by atoms with Gasteiger partial charge in [0.2, 0.25) is 0 Å². The number of hydrogen-bond acceptors (Lipinski definition) is 1. The third-order valence-corrected chi connectivity index (χ3v) is 3.21. The van der Waals surface area contributed by atoms with Crippen LogP contribution in [0.3, 0.4) is 0 Å². The molecule has 0 N–H and O–H groups in total. The Labute approximate surface area is 103 Å². The summed E-state index contributed by atoms with van der Waals surface area (Å²) in [5, 5.41) is 0. The Bertz CT molecular complexity index is 230. The van der Waals surface area contributed by atoms with E-state index in [1.807, 2.05) is 20.8 Å². The smallest absolute Gasteiger partial charge is 0.190 e. The van der Waals surface area contributed by atoms with Gasteiger partial charge in [0.25, 0.3) is 0 Å².